The highest BCUT2D eigenvalue weighted by Gasteiger charge is 2.26. The number of methoxy groups -OCH3 is 1. The molecule has 1 aliphatic rings. The van der Waals surface area contributed by atoms with Gasteiger partial charge in [0, 0.05) is 18.0 Å². The Morgan fingerprint density at radius 2 is 2.25 bits per heavy atom. The lowest BCUT2D eigenvalue weighted by Crippen LogP contribution is -2.15. The van der Waals surface area contributed by atoms with Crippen molar-refractivity contribution in [1.29, 1.82) is 0 Å². The minimum Gasteiger partial charge on any atom is -0.374 e. The van der Waals surface area contributed by atoms with E-state index in [0.29, 0.717) is 5.92 Å². The molecule has 2 atom stereocenters. The topological polar surface area (TPSA) is 48.1 Å². The van der Waals surface area contributed by atoms with Crippen molar-refractivity contribution in [3.8, 4) is 0 Å². The van der Waals surface area contributed by atoms with Crippen molar-refractivity contribution in [3.05, 3.63) is 15.6 Å². The van der Waals surface area contributed by atoms with Crippen LogP contribution in [-0.4, -0.2) is 12.1 Å². The SMILES string of the molecule is COC(c1nc2c(s1)C(N)CCC2)C(C)C. The van der Waals surface area contributed by atoms with Crippen molar-refractivity contribution in [1.82, 2.24) is 4.98 Å². The third-order valence-electron chi connectivity index (χ3n) is 3.11. The Balaban J connectivity index is 2.29. The molecule has 0 spiro atoms. The molecule has 1 heterocycles. The summed E-state index contributed by atoms with van der Waals surface area (Å²) < 4.78 is 5.52. The summed E-state index contributed by atoms with van der Waals surface area (Å²) in [6, 6.07) is 0.194. The van der Waals surface area contributed by atoms with Crippen molar-refractivity contribution in [2.24, 2.45) is 11.7 Å². The second-order valence-corrected chi connectivity index (χ2v) is 5.82. The quantitative estimate of drug-likeness (QED) is 0.883. The highest BCUT2D eigenvalue weighted by Crippen LogP contribution is 2.37. The minimum atomic E-state index is 0.114. The Kier molecular flexibility index (Phi) is 3.62. The highest BCUT2D eigenvalue weighted by atomic mass is 32.1. The number of hydrogen-bond donors (Lipinski definition) is 1. The van der Waals surface area contributed by atoms with E-state index in [0.717, 1.165) is 24.3 Å². The maximum atomic E-state index is 6.11. The van der Waals surface area contributed by atoms with E-state index in [1.54, 1.807) is 18.4 Å². The smallest absolute Gasteiger partial charge is 0.122 e. The summed E-state index contributed by atoms with van der Waals surface area (Å²) in [4.78, 5) is 5.99. The van der Waals surface area contributed by atoms with Crippen molar-refractivity contribution < 1.29 is 4.74 Å². The summed E-state index contributed by atoms with van der Waals surface area (Å²) in [7, 11) is 1.75. The first-order chi connectivity index (χ1) is 7.63. The summed E-state index contributed by atoms with van der Waals surface area (Å²) in [6.45, 7) is 4.32. The van der Waals surface area contributed by atoms with Crippen LogP contribution in [0.3, 0.4) is 0 Å². The number of aromatic nitrogens is 1. The van der Waals surface area contributed by atoms with Crippen LogP contribution in [0.25, 0.3) is 0 Å². The standard InChI is InChI=1S/C12H20N2OS/c1-7(2)10(15-3)12-14-9-6-4-5-8(13)11(9)16-12/h7-8,10H,4-6,13H2,1-3H3. The molecule has 0 aromatic carbocycles. The van der Waals surface area contributed by atoms with Crippen LogP contribution in [0.1, 0.15) is 54.4 Å². The molecule has 2 unspecified atom stereocenters. The monoisotopic (exact) mass is 240 g/mol. The zero-order valence-corrected chi connectivity index (χ0v) is 11.0. The van der Waals surface area contributed by atoms with Gasteiger partial charge in [-0.2, -0.15) is 0 Å². The van der Waals surface area contributed by atoms with Crippen molar-refractivity contribution in [3.63, 3.8) is 0 Å². The molecule has 0 aliphatic heterocycles. The molecule has 0 fully saturated rings. The van der Waals surface area contributed by atoms with Crippen LogP contribution in [0.4, 0.5) is 0 Å². The molecule has 16 heavy (non-hydrogen) atoms. The third-order valence-corrected chi connectivity index (χ3v) is 4.40. The largest absolute Gasteiger partial charge is 0.374 e. The summed E-state index contributed by atoms with van der Waals surface area (Å²) in [6.07, 6.45) is 3.45. The molecule has 1 aliphatic carbocycles. The predicted molar refractivity (Wildman–Crippen MR) is 66.6 cm³/mol. The Hall–Kier alpha value is -0.450. The molecule has 2 rings (SSSR count). The second-order valence-electron chi connectivity index (χ2n) is 4.76. The Labute approximate surface area is 101 Å². The molecule has 3 nitrogen and oxygen atoms in total. The van der Waals surface area contributed by atoms with Crippen LogP contribution < -0.4 is 5.73 Å². The number of fused-ring (bicyclic) bond motifs is 1. The van der Waals surface area contributed by atoms with Crippen LogP contribution in [-0.2, 0) is 11.2 Å². The molecule has 1 aromatic rings. The average molecular weight is 240 g/mol. The number of hydrogen-bond acceptors (Lipinski definition) is 4. The van der Waals surface area contributed by atoms with Gasteiger partial charge >= 0.3 is 0 Å². The van der Waals surface area contributed by atoms with Crippen LogP contribution in [0.5, 0.6) is 0 Å². The predicted octanol–water partition coefficient (Wildman–Crippen LogP) is 2.82. The van der Waals surface area contributed by atoms with Gasteiger partial charge in [0.25, 0.3) is 0 Å². The van der Waals surface area contributed by atoms with Crippen molar-refractivity contribution >= 4 is 11.3 Å². The van der Waals surface area contributed by atoms with E-state index in [1.807, 2.05) is 0 Å². The van der Waals surface area contributed by atoms with Crippen LogP contribution in [0, 0.1) is 5.92 Å². The zero-order chi connectivity index (χ0) is 11.7. The third kappa shape index (κ3) is 2.14. The molecule has 0 bridgehead atoms. The van der Waals surface area contributed by atoms with Gasteiger partial charge in [0.15, 0.2) is 0 Å². The zero-order valence-electron chi connectivity index (χ0n) is 10.2. The summed E-state index contributed by atoms with van der Waals surface area (Å²) in [5.41, 5.74) is 7.32. The molecule has 0 radical (unpaired) electrons. The van der Waals surface area contributed by atoms with Crippen LogP contribution in [0.15, 0.2) is 0 Å². The van der Waals surface area contributed by atoms with Crippen LogP contribution in [0.2, 0.25) is 0 Å². The van der Waals surface area contributed by atoms with Crippen molar-refractivity contribution in [2.45, 2.75) is 45.3 Å². The number of thiazole rings is 1. The fourth-order valence-corrected chi connectivity index (χ4v) is 3.65. The molecule has 90 valence electrons. The number of ether oxygens (including phenoxy) is 1. The van der Waals surface area contributed by atoms with E-state index in [9.17, 15) is 0 Å². The fourth-order valence-electron chi connectivity index (χ4n) is 2.25. The van der Waals surface area contributed by atoms with Gasteiger partial charge in [-0.15, -0.1) is 11.3 Å². The Morgan fingerprint density at radius 3 is 2.81 bits per heavy atom. The molecule has 1 aromatic heterocycles. The van der Waals surface area contributed by atoms with Gasteiger partial charge in [0.1, 0.15) is 11.1 Å². The number of nitrogens with two attached hydrogens (primary N) is 1. The summed E-state index contributed by atoms with van der Waals surface area (Å²) in [5.74, 6) is 0.453. The lowest BCUT2D eigenvalue weighted by molar-refractivity contribution is 0.0643. The Morgan fingerprint density at radius 1 is 1.50 bits per heavy atom. The lowest BCUT2D eigenvalue weighted by atomic mass is 9.99. The van der Waals surface area contributed by atoms with E-state index < -0.39 is 0 Å². The van der Waals surface area contributed by atoms with E-state index >= 15 is 0 Å². The average Bonchev–Trinajstić information content (AvgIpc) is 2.63. The van der Waals surface area contributed by atoms with Crippen molar-refractivity contribution in [2.75, 3.05) is 7.11 Å². The van der Waals surface area contributed by atoms with Crippen LogP contribution >= 0.6 is 11.3 Å². The highest BCUT2D eigenvalue weighted by molar-refractivity contribution is 7.11. The molecule has 0 amide bonds. The van der Waals surface area contributed by atoms with E-state index in [-0.39, 0.29) is 12.1 Å². The summed E-state index contributed by atoms with van der Waals surface area (Å²) in [5, 5.41) is 1.10. The van der Waals surface area contributed by atoms with Gasteiger partial charge in [0.05, 0.1) is 5.69 Å². The van der Waals surface area contributed by atoms with Gasteiger partial charge in [-0.3, -0.25) is 0 Å². The first-order valence-electron chi connectivity index (χ1n) is 5.91. The second kappa shape index (κ2) is 4.82. The fraction of sp³-hybridized carbons (Fsp3) is 0.750. The number of aryl methyl sites for hydroxylation is 1. The van der Waals surface area contributed by atoms with E-state index in [1.165, 1.54) is 10.6 Å². The van der Waals surface area contributed by atoms with E-state index in [4.69, 9.17) is 15.5 Å². The minimum absolute atomic E-state index is 0.114. The van der Waals surface area contributed by atoms with Gasteiger partial charge in [0.2, 0.25) is 0 Å². The van der Waals surface area contributed by atoms with Gasteiger partial charge in [-0.1, -0.05) is 13.8 Å². The summed E-state index contributed by atoms with van der Waals surface area (Å²) >= 11 is 1.74. The number of nitrogens with zero attached hydrogens (tertiary/aromatic N) is 1. The van der Waals surface area contributed by atoms with E-state index in [2.05, 4.69) is 13.8 Å². The Bertz CT molecular complexity index is 362. The number of rotatable bonds is 3. The first-order valence-corrected chi connectivity index (χ1v) is 6.73. The van der Waals surface area contributed by atoms with Gasteiger partial charge in [-0.05, 0) is 25.2 Å². The maximum Gasteiger partial charge on any atom is 0.122 e. The lowest BCUT2D eigenvalue weighted by Gasteiger charge is -2.16. The molecule has 2 N–H and O–H groups in total. The van der Waals surface area contributed by atoms with Gasteiger partial charge in [-0.25, -0.2) is 4.98 Å². The normalized spacial score (nSPS) is 22.2. The maximum absolute atomic E-state index is 6.11. The molecule has 4 heteroatoms. The molecular weight excluding hydrogens is 220 g/mol. The molecule has 0 saturated carbocycles. The molecular formula is C12H20N2OS. The first kappa shape index (κ1) is 12.0. The molecule has 0 saturated heterocycles. The van der Waals surface area contributed by atoms with Gasteiger partial charge < -0.3 is 10.5 Å².